The molecule has 0 fully saturated rings. The van der Waals surface area contributed by atoms with E-state index in [1.807, 2.05) is 42.5 Å². The number of rotatable bonds is 2. The van der Waals surface area contributed by atoms with Crippen molar-refractivity contribution >= 4 is 24.0 Å². The van der Waals surface area contributed by atoms with Crippen LogP contribution in [0.15, 0.2) is 54.6 Å². The molecule has 1 amide bonds. The first kappa shape index (κ1) is 14.6. The first-order valence-electron chi connectivity index (χ1n) is 6.49. The number of nitrogens with one attached hydrogen (secondary N) is 2. The molecule has 2 aromatic carbocycles. The summed E-state index contributed by atoms with van der Waals surface area (Å²) in [6.45, 7) is 0.753. The SMILES string of the molecule is Cl.O=C(Nc1ccccc1)[C@@H]1Cc2ccccc2CN1. The van der Waals surface area contributed by atoms with E-state index in [0.29, 0.717) is 0 Å². The zero-order valence-corrected chi connectivity index (χ0v) is 11.8. The van der Waals surface area contributed by atoms with Crippen molar-refractivity contribution in [3.63, 3.8) is 0 Å². The molecule has 1 atom stereocenters. The topological polar surface area (TPSA) is 41.1 Å². The predicted molar refractivity (Wildman–Crippen MR) is 83.1 cm³/mol. The number of anilines is 1. The van der Waals surface area contributed by atoms with Crippen LogP contribution in [0.25, 0.3) is 0 Å². The van der Waals surface area contributed by atoms with Gasteiger partial charge < -0.3 is 10.6 Å². The van der Waals surface area contributed by atoms with Crippen molar-refractivity contribution in [2.75, 3.05) is 5.32 Å². The van der Waals surface area contributed by atoms with Crippen LogP contribution in [-0.4, -0.2) is 11.9 Å². The predicted octanol–water partition coefficient (Wildman–Crippen LogP) is 2.76. The quantitative estimate of drug-likeness (QED) is 0.892. The zero-order valence-electron chi connectivity index (χ0n) is 11.0. The average Bonchev–Trinajstić information content (AvgIpc) is 2.48. The number of para-hydroxylation sites is 1. The minimum Gasteiger partial charge on any atom is -0.325 e. The summed E-state index contributed by atoms with van der Waals surface area (Å²) in [7, 11) is 0. The van der Waals surface area contributed by atoms with Gasteiger partial charge in [0.05, 0.1) is 6.04 Å². The number of halogens is 1. The Labute approximate surface area is 124 Å². The van der Waals surface area contributed by atoms with E-state index >= 15 is 0 Å². The second-order valence-electron chi connectivity index (χ2n) is 4.76. The van der Waals surface area contributed by atoms with Gasteiger partial charge in [0.15, 0.2) is 0 Å². The molecule has 1 aliphatic rings. The summed E-state index contributed by atoms with van der Waals surface area (Å²) in [6.07, 6.45) is 0.745. The van der Waals surface area contributed by atoms with Crippen molar-refractivity contribution in [2.45, 2.75) is 19.0 Å². The van der Waals surface area contributed by atoms with Crippen LogP contribution >= 0.6 is 12.4 Å². The van der Waals surface area contributed by atoms with Gasteiger partial charge in [-0.05, 0) is 29.7 Å². The van der Waals surface area contributed by atoms with Crippen LogP contribution in [-0.2, 0) is 17.8 Å². The minimum absolute atomic E-state index is 0. The largest absolute Gasteiger partial charge is 0.325 e. The van der Waals surface area contributed by atoms with Gasteiger partial charge in [-0.25, -0.2) is 0 Å². The van der Waals surface area contributed by atoms with Crippen molar-refractivity contribution < 1.29 is 4.79 Å². The summed E-state index contributed by atoms with van der Waals surface area (Å²) in [5, 5.41) is 6.22. The molecule has 20 heavy (non-hydrogen) atoms. The second kappa shape index (κ2) is 6.55. The van der Waals surface area contributed by atoms with E-state index in [-0.39, 0.29) is 24.4 Å². The normalized spacial score (nSPS) is 16.7. The summed E-state index contributed by atoms with van der Waals surface area (Å²) < 4.78 is 0. The highest BCUT2D eigenvalue weighted by Gasteiger charge is 2.23. The molecule has 0 radical (unpaired) electrons. The van der Waals surface area contributed by atoms with Gasteiger partial charge in [0.1, 0.15) is 0 Å². The number of benzene rings is 2. The number of hydrogen-bond acceptors (Lipinski definition) is 2. The lowest BCUT2D eigenvalue weighted by Gasteiger charge is -2.25. The maximum absolute atomic E-state index is 12.2. The van der Waals surface area contributed by atoms with E-state index in [1.165, 1.54) is 11.1 Å². The van der Waals surface area contributed by atoms with Crippen molar-refractivity contribution in [1.29, 1.82) is 0 Å². The molecule has 1 aliphatic heterocycles. The van der Waals surface area contributed by atoms with Crippen molar-refractivity contribution in [1.82, 2.24) is 5.32 Å². The molecular weight excluding hydrogens is 272 g/mol. The number of amides is 1. The van der Waals surface area contributed by atoms with E-state index in [1.54, 1.807) is 0 Å². The third-order valence-electron chi connectivity index (χ3n) is 3.44. The van der Waals surface area contributed by atoms with E-state index in [9.17, 15) is 4.79 Å². The van der Waals surface area contributed by atoms with E-state index in [2.05, 4.69) is 22.8 Å². The molecule has 2 N–H and O–H groups in total. The average molecular weight is 289 g/mol. The lowest BCUT2D eigenvalue weighted by atomic mass is 9.95. The van der Waals surface area contributed by atoms with Crippen LogP contribution in [0.1, 0.15) is 11.1 Å². The summed E-state index contributed by atoms with van der Waals surface area (Å²) in [4.78, 5) is 12.2. The van der Waals surface area contributed by atoms with E-state index < -0.39 is 0 Å². The fraction of sp³-hybridized carbons (Fsp3) is 0.188. The van der Waals surface area contributed by atoms with Gasteiger partial charge in [-0.15, -0.1) is 12.4 Å². The lowest BCUT2D eigenvalue weighted by Crippen LogP contribution is -2.44. The maximum Gasteiger partial charge on any atom is 0.241 e. The first-order chi connectivity index (χ1) is 9.33. The van der Waals surface area contributed by atoms with Gasteiger partial charge >= 0.3 is 0 Å². The van der Waals surface area contributed by atoms with Crippen molar-refractivity contribution in [2.24, 2.45) is 0 Å². The molecule has 0 bridgehead atoms. The first-order valence-corrected chi connectivity index (χ1v) is 6.49. The lowest BCUT2D eigenvalue weighted by molar-refractivity contribution is -0.118. The Morgan fingerprint density at radius 3 is 2.40 bits per heavy atom. The van der Waals surface area contributed by atoms with Crippen molar-refractivity contribution in [3.05, 3.63) is 65.7 Å². The molecule has 0 spiro atoms. The molecule has 0 unspecified atom stereocenters. The molecule has 4 heteroatoms. The fourth-order valence-electron chi connectivity index (χ4n) is 2.39. The summed E-state index contributed by atoms with van der Waals surface area (Å²) >= 11 is 0. The molecule has 0 saturated heterocycles. The summed E-state index contributed by atoms with van der Waals surface area (Å²) in [5.74, 6) is 0.0284. The van der Waals surface area contributed by atoms with Crippen LogP contribution in [0.3, 0.4) is 0 Å². The van der Waals surface area contributed by atoms with Gasteiger partial charge in [-0.2, -0.15) is 0 Å². The molecular formula is C16H17ClN2O. The molecule has 0 aliphatic carbocycles. The Morgan fingerprint density at radius 1 is 1.00 bits per heavy atom. The Kier molecular flexibility index (Phi) is 4.77. The van der Waals surface area contributed by atoms with Crippen LogP contribution in [0, 0.1) is 0 Å². The maximum atomic E-state index is 12.2. The highest BCUT2D eigenvalue weighted by atomic mass is 35.5. The molecule has 1 heterocycles. The monoisotopic (exact) mass is 288 g/mol. The van der Waals surface area contributed by atoms with Gasteiger partial charge in [0.25, 0.3) is 0 Å². The molecule has 0 saturated carbocycles. The molecule has 104 valence electrons. The number of carbonyl (C=O) groups is 1. The zero-order chi connectivity index (χ0) is 13.1. The summed E-state index contributed by atoms with van der Waals surface area (Å²) in [6, 6.07) is 17.7. The summed E-state index contributed by atoms with van der Waals surface area (Å²) in [5.41, 5.74) is 3.38. The molecule has 0 aromatic heterocycles. The number of fused-ring (bicyclic) bond motifs is 1. The molecule has 2 aromatic rings. The van der Waals surface area contributed by atoms with Crippen LogP contribution in [0.4, 0.5) is 5.69 Å². The Hall–Kier alpha value is -1.84. The molecule has 3 nitrogen and oxygen atoms in total. The minimum atomic E-state index is -0.157. The standard InChI is InChI=1S/C16H16N2O.ClH/c19-16(18-14-8-2-1-3-9-14)15-10-12-6-4-5-7-13(12)11-17-15;/h1-9,15,17H,10-11H2,(H,18,19);1H/t15-;/m0./s1. The highest BCUT2D eigenvalue weighted by molar-refractivity contribution is 5.95. The van der Waals surface area contributed by atoms with Crippen LogP contribution in [0.2, 0.25) is 0 Å². The van der Waals surface area contributed by atoms with Crippen molar-refractivity contribution in [3.8, 4) is 0 Å². The Morgan fingerprint density at radius 2 is 1.65 bits per heavy atom. The molecule has 3 rings (SSSR count). The smallest absolute Gasteiger partial charge is 0.241 e. The Bertz CT molecular complexity index is 586. The van der Waals surface area contributed by atoms with E-state index in [0.717, 1.165) is 18.7 Å². The van der Waals surface area contributed by atoms with E-state index in [4.69, 9.17) is 0 Å². The third kappa shape index (κ3) is 3.18. The number of hydrogen-bond donors (Lipinski definition) is 2. The van der Waals surface area contributed by atoms with Gasteiger partial charge in [0.2, 0.25) is 5.91 Å². The van der Waals surface area contributed by atoms with Gasteiger partial charge in [-0.1, -0.05) is 42.5 Å². The van der Waals surface area contributed by atoms with Gasteiger partial charge in [0, 0.05) is 12.2 Å². The second-order valence-corrected chi connectivity index (χ2v) is 4.76. The third-order valence-corrected chi connectivity index (χ3v) is 3.44. The van der Waals surface area contributed by atoms with Crippen LogP contribution in [0.5, 0.6) is 0 Å². The number of carbonyl (C=O) groups excluding carboxylic acids is 1. The van der Waals surface area contributed by atoms with Crippen LogP contribution < -0.4 is 10.6 Å². The Balaban J connectivity index is 0.00000147. The fourth-order valence-corrected chi connectivity index (χ4v) is 2.39. The van der Waals surface area contributed by atoms with Gasteiger partial charge in [-0.3, -0.25) is 4.79 Å². The highest BCUT2D eigenvalue weighted by Crippen LogP contribution is 2.17.